The number of carbonyl (C=O) groups is 2. The van der Waals surface area contributed by atoms with Gasteiger partial charge in [-0.05, 0) is 0 Å². The van der Waals surface area contributed by atoms with Gasteiger partial charge in [0.2, 0.25) is 0 Å². The maximum absolute atomic E-state index is 13.0. The summed E-state index contributed by atoms with van der Waals surface area (Å²) in [5, 5.41) is 10.4. The minimum absolute atomic E-state index is 0.0312. The van der Waals surface area contributed by atoms with E-state index in [1.165, 1.54) is 32.4 Å². The zero-order chi connectivity index (χ0) is 41.1. The molecule has 0 radical (unpaired) electrons. The molecule has 56 heavy (non-hydrogen) atoms. The number of carboxylic acid groups (broad SMARTS) is 1. The predicted molar refractivity (Wildman–Crippen MR) is 208 cm³/mol. The molecule has 0 spiro atoms. The number of carbonyl (C=O) groups excluding carboxylic acids is 1. The Morgan fingerprint density at radius 3 is 1.50 bits per heavy atom. The van der Waals surface area contributed by atoms with Gasteiger partial charge in [0.05, 0.1) is 0 Å². The number of esters is 1. The Hall–Kier alpha value is -4.08. The molecule has 0 aromatic heterocycles. The number of carboxylic acids is 1. The molecule has 1 N–H and O–H groups in total. The van der Waals surface area contributed by atoms with Crippen LogP contribution in [0.25, 0.3) is 0 Å². The number of ether oxygens (including phenoxy) is 7. The normalized spacial score (nSPS) is 11.1. The molecule has 0 saturated carbocycles. The van der Waals surface area contributed by atoms with Crippen molar-refractivity contribution in [1.29, 1.82) is 0 Å². The van der Waals surface area contributed by atoms with Crippen molar-refractivity contribution in [2.45, 2.75) is 49.5 Å². The van der Waals surface area contributed by atoms with Gasteiger partial charge in [-0.15, -0.1) is 0 Å². The van der Waals surface area contributed by atoms with Crippen molar-refractivity contribution >= 4 is 58.8 Å². The standard InChI is InChI=1S/C22H28F2O5SeSi.C17H16F2O5Se/c1-26-15-28-19-13-17(29-22(23)24)12-16(14-30-18-8-6-5-7-9-18)20(19)21(25)27-10-11-31(2,3)4;1-22-10-23-14-8-12(24-17(18)19)7-11(15(14)16(20)21)9-25-13-5-3-2-4-6-13/h5-9,12-13,22H,10-11,14-15H2,1-4H3;2-8,17H,9-10H2,1H3,(H,20,21). The topological polar surface area (TPSA) is 119 Å². The van der Waals surface area contributed by atoms with Crippen LogP contribution in [0.2, 0.25) is 25.7 Å². The van der Waals surface area contributed by atoms with Gasteiger partial charge in [-0.3, -0.25) is 0 Å². The molecular formula is C39H44F4O10Se2Si. The van der Waals surface area contributed by atoms with E-state index in [4.69, 9.17) is 23.7 Å². The fourth-order valence-electron chi connectivity index (χ4n) is 4.68. The molecule has 0 aliphatic carbocycles. The molecule has 0 atom stereocenters. The molecule has 17 heteroatoms. The van der Waals surface area contributed by atoms with Gasteiger partial charge in [0.15, 0.2) is 0 Å². The minimum atomic E-state index is -3.02. The van der Waals surface area contributed by atoms with Crippen LogP contribution in [-0.2, 0) is 24.8 Å². The molecule has 0 saturated heterocycles. The summed E-state index contributed by atoms with van der Waals surface area (Å²) in [4.78, 5) is 24.6. The monoisotopic (exact) mass is 936 g/mol. The average Bonchev–Trinajstić information content (AvgIpc) is 3.14. The molecule has 0 aliphatic rings. The Bertz CT molecular complexity index is 1820. The first-order chi connectivity index (χ1) is 26.7. The van der Waals surface area contributed by atoms with E-state index < -0.39 is 33.2 Å². The van der Waals surface area contributed by atoms with E-state index in [0.717, 1.165) is 21.0 Å². The Morgan fingerprint density at radius 1 is 0.679 bits per heavy atom. The van der Waals surface area contributed by atoms with E-state index in [1.54, 1.807) is 0 Å². The Labute approximate surface area is 337 Å². The number of alkyl halides is 4. The van der Waals surface area contributed by atoms with Crippen molar-refractivity contribution in [3.05, 3.63) is 107 Å². The van der Waals surface area contributed by atoms with Gasteiger partial charge in [-0.25, -0.2) is 0 Å². The fraction of sp³-hybridized carbons (Fsp3) is 0.333. The van der Waals surface area contributed by atoms with Gasteiger partial charge < -0.3 is 0 Å². The molecule has 0 fully saturated rings. The third kappa shape index (κ3) is 16.6. The van der Waals surface area contributed by atoms with E-state index in [2.05, 4.69) is 29.1 Å². The molecule has 0 aliphatic heterocycles. The third-order valence-electron chi connectivity index (χ3n) is 7.21. The number of halogens is 4. The van der Waals surface area contributed by atoms with Crippen molar-refractivity contribution in [3.63, 3.8) is 0 Å². The molecule has 0 bridgehead atoms. The molecule has 0 unspecified atom stereocenters. The van der Waals surface area contributed by atoms with E-state index in [1.807, 2.05) is 60.7 Å². The molecule has 4 aromatic rings. The molecule has 0 heterocycles. The van der Waals surface area contributed by atoms with Gasteiger partial charge in [-0.2, -0.15) is 0 Å². The van der Waals surface area contributed by atoms with E-state index in [0.29, 0.717) is 28.4 Å². The van der Waals surface area contributed by atoms with Crippen LogP contribution in [0.4, 0.5) is 17.6 Å². The SMILES string of the molecule is COCOc1cc(OC(F)F)cc(C[Se]c2ccccc2)c1C(=O)O.COCOc1cc(OC(F)F)cc(C[Se]c2ccccc2)c1C(=O)OCC[Si](C)(C)C. The van der Waals surface area contributed by atoms with E-state index in [-0.39, 0.29) is 77.6 Å². The van der Waals surface area contributed by atoms with Crippen LogP contribution in [0.5, 0.6) is 23.0 Å². The summed E-state index contributed by atoms with van der Waals surface area (Å²) in [7, 11) is 1.42. The number of hydrogen-bond acceptors (Lipinski definition) is 9. The quantitative estimate of drug-likeness (QED) is 0.0414. The second kappa shape index (κ2) is 23.9. The number of methoxy groups -OCH3 is 2. The summed E-state index contributed by atoms with van der Waals surface area (Å²) in [5.41, 5.74) is 1.08. The third-order valence-corrected chi connectivity index (χ3v) is 13.4. The van der Waals surface area contributed by atoms with Crippen LogP contribution >= 0.6 is 0 Å². The van der Waals surface area contributed by atoms with Gasteiger partial charge in [0.1, 0.15) is 0 Å². The molecule has 4 aromatic carbocycles. The van der Waals surface area contributed by atoms with Crippen LogP contribution in [0.1, 0.15) is 31.8 Å². The Balaban J connectivity index is 0.000000307. The molecule has 304 valence electrons. The zero-order valence-corrected chi connectivity index (χ0v) is 35.9. The first kappa shape index (κ1) is 46.3. The van der Waals surface area contributed by atoms with E-state index in [9.17, 15) is 32.3 Å². The van der Waals surface area contributed by atoms with Crippen molar-refractivity contribution in [3.8, 4) is 23.0 Å². The molecule has 4 rings (SSSR count). The van der Waals surface area contributed by atoms with Crippen LogP contribution in [0, 0.1) is 0 Å². The zero-order valence-electron chi connectivity index (χ0n) is 31.4. The second-order valence-electron chi connectivity index (χ2n) is 12.7. The molecular weight excluding hydrogens is 890 g/mol. The van der Waals surface area contributed by atoms with E-state index >= 15 is 0 Å². The summed E-state index contributed by atoms with van der Waals surface area (Å²) in [6.45, 7) is 0.528. The van der Waals surface area contributed by atoms with Crippen molar-refractivity contribution in [1.82, 2.24) is 0 Å². The summed E-state index contributed by atoms with van der Waals surface area (Å²) >= 11 is -0.107. The first-order valence-electron chi connectivity index (χ1n) is 16.9. The van der Waals surface area contributed by atoms with Gasteiger partial charge in [0.25, 0.3) is 0 Å². The summed E-state index contributed by atoms with van der Waals surface area (Å²) in [6.07, 6.45) is 0. The van der Waals surface area contributed by atoms with Gasteiger partial charge in [0, 0.05) is 0 Å². The Kier molecular flexibility index (Phi) is 19.7. The first-order valence-corrected chi connectivity index (χ1v) is 24.8. The fourth-order valence-corrected chi connectivity index (χ4v) is 9.17. The van der Waals surface area contributed by atoms with Crippen molar-refractivity contribution in [2.75, 3.05) is 34.4 Å². The number of benzene rings is 4. The maximum atomic E-state index is 13.0. The van der Waals surface area contributed by atoms with Gasteiger partial charge in [-0.1, -0.05) is 0 Å². The number of hydrogen-bond donors (Lipinski definition) is 1. The van der Waals surface area contributed by atoms with Crippen molar-refractivity contribution < 1.29 is 65.4 Å². The van der Waals surface area contributed by atoms with Crippen LogP contribution in [0.3, 0.4) is 0 Å². The molecule has 0 amide bonds. The Morgan fingerprint density at radius 2 is 1.11 bits per heavy atom. The van der Waals surface area contributed by atoms with Crippen LogP contribution < -0.4 is 27.9 Å². The van der Waals surface area contributed by atoms with Gasteiger partial charge >= 0.3 is 338 Å². The van der Waals surface area contributed by atoms with Crippen molar-refractivity contribution in [2.24, 2.45) is 0 Å². The summed E-state index contributed by atoms with van der Waals surface area (Å²) in [6, 6.07) is 25.3. The van der Waals surface area contributed by atoms with Crippen LogP contribution in [-0.4, -0.2) is 103 Å². The summed E-state index contributed by atoms with van der Waals surface area (Å²) < 4.78 is 88.0. The average molecular weight is 935 g/mol. The second-order valence-corrected chi connectivity index (χ2v) is 22.7. The van der Waals surface area contributed by atoms with Crippen LogP contribution in [0.15, 0.2) is 84.9 Å². The summed E-state index contributed by atoms with van der Waals surface area (Å²) in [5.74, 6) is -1.91. The predicted octanol–water partition coefficient (Wildman–Crippen LogP) is 6.79. The number of aromatic carboxylic acids is 1. The molecule has 10 nitrogen and oxygen atoms in total. The number of rotatable bonds is 21.